The molecule has 0 amide bonds. The largest absolute Gasteiger partial charge is 0.389 e. The predicted octanol–water partition coefficient (Wildman–Crippen LogP) is 2.60. The fourth-order valence-electron chi connectivity index (χ4n) is 5.04. The molecular formula is C16H29NO2. The number of fused-ring (bicyclic) bond motifs is 2. The van der Waals surface area contributed by atoms with Crippen molar-refractivity contribution in [1.29, 1.82) is 0 Å². The third-order valence-corrected chi connectivity index (χ3v) is 6.24. The molecule has 1 aliphatic carbocycles. The van der Waals surface area contributed by atoms with Gasteiger partial charge in [-0.1, -0.05) is 19.8 Å². The highest BCUT2D eigenvalue weighted by Gasteiger charge is 2.62. The van der Waals surface area contributed by atoms with Gasteiger partial charge in [0.25, 0.3) is 0 Å². The molecule has 2 heterocycles. The van der Waals surface area contributed by atoms with Gasteiger partial charge in [-0.25, -0.2) is 0 Å². The Balaban J connectivity index is 1.73. The first-order chi connectivity index (χ1) is 9.13. The quantitative estimate of drug-likeness (QED) is 0.823. The maximum atomic E-state index is 11.3. The first-order valence-electron chi connectivity index (χ1n) is 8.21. The van der Waals surface area contributed by atoms with Gasteiger partial charge in [0.15, 0.2) is 0 Å². The van der Waals surface area contributed by atoms with Crippen LogP contribution in [0.2, 0.25) is 0 Å². The van der Waals surface area contributed by atoms with Crippen LogP contribution in [0.1, 0.15) is 64.7 Å². The lowest BCUT2D eigenvalue weighted by Gasteiger charge is -2.51. The van der Waals surface area contributed by atoms with Crippen LogP contribution in [0.15, 0.2) is 0 Å². The number of nitrogens with two attached hydrogens (primary N) is 1. The second kappa shape index (κ2) is 5.01. The molecule has 110 valence electrons. The van der Waals surface area contributed by atoms with E-state index in [9.17, 15) is 5.11 Å². The van der Waals surface area contributed by atoms with E-state index in [1.165, 1.54) is 32.1 Å². The van der Waals surface area contributed by atoms with Crippen molar-refractivity contribution in [3.8, 4) is 0 Å². The lowest BCUT2D eigenvalue weighted by atomic mass is 9.57. The number of aliphatic hydroxyl groups is 1. The van der Waals surface area contributed by atoms with E-state index in [0.29, 0.717) is 12.6 Å². The predicted molar refractivity (Wildman–Crippen MR) is 75.8 cm³/mol. The summed E-state index contributed by atoms with van der Waals surface area (Å²) in [5, 5.41) is 11.3. The minimum atomic E-state index is -0.564. The molecule has 3 rings (SSSR count). The molecule has 3 unspecified atom stereocenters. The molecule has 2 saturated heterocycles. The summed E-state index contributed by atoms with van der Waals surface area (Å²) < 4.78 is 6.03. The van der Waals surface area contributed by atoms with Gasteiger partial charge in [-0.05, 0) is 50.9 Å². The molecule has 3 atom stereocenters. The number of rotatable bonds is 4. The maximum Gasteiger partial charge on any atom is 0.0741 e. The van der Waals surface area contributed by atoms with Crippen LogP contribution in [0.3, 0.4) is 0 Å². The zero-order valence-electron chi connectivity index (χ0n) is 12.2. The third kappa shape index (κ3) is 2.05. The van der Waals surface area contributed by atoms with Gasteiger partial charge < -0.3 is 15.6 Å². The first-order valence-corrected chi connectivity index (χ1v) is 8.21. The average Bonchev–Trinajstić information content (AvgIpc) is 3.03. The fourth-order valence-corrected chi connectivity index (χ4v) is 5.04. The van der Waals surface area contributed by atoms with Crippen molar-refractivity contribution in [2.24, 2.45) is 17.1 Å². The molecule has 19 heavy (non-hydrogen) atoms. The van der Waals surface area contributed by atoms with Gasteiger partial charge in [-0.15, -0.1) is 0 Å². The number of hydrogen-bond donors (Lipinski definition) is 2. The van der Waals surface area contributed by atoms with Crippen LogP contribution >= 0.6 is 0 Å². The minimum absolute atomic E-state index is 0.146. The van der Waals surface area contributed by atoms with Crippen LogP contribution in [0.25, 0.3) is 0 Å². The molecule has 0 aromatic carbocycles. The Morgan fingerprint density at radius 1 is 1.21 bits per heavy atom. The number of hydrogen-bond acceptors (Lipinski definition) is 3. The first kappa shape index (κ1) is 13.8. The molecule has 0 aromatic rings. The van der Waals surface area contributed by atoms with E-state index < -0.39 is 5.60 Å². The summed E-state index contributed by atoms with van der Waals surface area (Å²) in [7, 11) is 0. The van der Waals surface area contributed by atoms with Crippen LogP contribution in [-0.2, 0) is 4.74 Å². The molecule has 3 heteroatoms. The van der Waals surface area contributed by atoms with E-state index in [2.05, 4.69) is 6.92 Å². The average molecular weight is 267 g/mol. The van der Waals surface area contributed by atoms with Gasteiger partial charge in [-0.2, -0.15) is 0 Å². The fraction of sp³-hybridized carbons (Fsp3) is 1.00. The lowest BCUT2D eigenvalue weighted by Crippen LogP contribution is -2.59. The van der Waals surface area contributed by atoms with Crippen molar-refractivity contribution in [3.63, 3.8) is 0 Å². The van der Waals surface area contributed by atoms with E-state index >= 15 is 0 Å². The molecular weight excluding hydrogens is 238 g/mol. The second-order valence-electron chi connectivity index (χ2n) is 7.15. The Kier molecular flexibility index (Phi) is 3.65. The Hall–Kier alpha value is -0.120. The summed E-state index contributed by atoms with van der Waals surface area (Å²) in [6.07, 6.45) is 10.6. The van der Waals surface area contributed by atoms with Crippen LogP contribution in [0.4, 0.5) is 0 Å². The molecule has 0 radical (unpaired) electrons. The summed E-state index contributed by atoms with van der Waals surface area (Å²) in [5.74, 6) is 0.819. The van der Waals surface area contributed by atoms with E-state index in [0.717, 1.165) is 31.6 Å². The van der Waals surface area contributed by atoms with Crippen LogP contribution < -0.4 is 5.73 Å². The third-order valence-electron chi connectivity index (χ3n) is 6.24. The Morgan fingerprint density at radius 3 is 2.42 bits per heavy atom. The molecule has 0 aromatic heterocycles. The SMILES string of the molecule is CCCC1CCC(O)(C2(CN)CC3CCC2O3)CC1. The monoisotopic (exact) mass is 267 g/mol. The summed E-state index contributed by atoms with van der Waals surface area (Å²) in [6, 6.07) is 0. The van der Waals surface area contributed by atoms with Crippen molar-refractivity contribution in [3.05, 3.63) is 0 Å². The molecule has 3 aliphatic rings. The van der Waals surface area contributed by atoms with Crippen LogP contribution in [0, 0.1) is 11.3 Å². The van der Waals surface area contributed by atoms with Gasteiger partial charge in [0.05, 0.1) is 17.8 Å². The van der Waals surface area contributed by atoms with Crippen molar-refractivity contribution < 1.29 is 9.84 Å². The molecule has 0 spiro atoms. The Labute approximate surface area is 116 Å². The molecule has 3 N–H and O–H groups in total. The summed E-state index contributed by atoms with van der Waals surface area (Å²) >= 11 is 0. The summed E-state index contributed by atoms with van der Waals surface area (Å²) in [6.45, 7) is 2.84. The highest BCUT2D eigenvalue weighted by atomic mass is 16.5. The highest BCUT2D eigenvalue weighted by Crippen LogP contribution is 2.57. The van der Waals surface area contributed by atoms with E-state index in [1.54, 1.807) is 0 Å². The molecule has 3 nitrogen and oxygen atoms in total. The highest BCUT2D eigenvalue weighted by molar-refractivity contribution is 5.12. The van der Waals surface area contributed by atoms with E-state index in [4.69, 9.17) is 10.5 Å². The van der Waals surface area contributed by atoms with Crippen molar-refractivity contribution >= 4 is 0 Å². The summed E-state index contributed by atoms with van der Waals surface area (Å²) in [4.78, 5) is 0. The molecule has 2 bridgehead atoms. The second-order valence-corrected chi connectivity index (χ2v) is 7.15. The van der Waals surface area contributed by atoms with Crippen molar-refractivity contribution in [2.45, 2.75) is 82.5 Å². The van der Waals surface area contributed by atoms with E-state index in [1.807, 2.05) is 0 Å². The maximum absolute atomic E-state index is 11.3. The van der Waals surface area contributed by atoms with Crippen LogP contribution in [0.5, 0.6) is 0 Å². The van der Waals surface area contributed by atoms with E-state index in [-0.39, 0.29) is 11.5 Å². The molecule has 3 fully saturated rings. The van der Waals surface area contributed by atoms with Gasteiger partial charge in [0.2, 0.25) is 0 Å². The number of ether oxygens (including phenoxy) is 1. The zero-order valence-corrected chi connectivity index (χ0v) is 12.2. The Bertz CT molecular complexity index is 325. The smallest absolute Gasteiger partial charge is 0.0741 e. The standard InChI is InChI=1S/C16H29NO2/c1-2-3-12-6-8-16(18,9-7-12)15(11-17)10-13-4-5-14(15)19-13/h12-14,18H,2-11,17H2,1H3. The van der Waals surface area contributed by atoms with Crippen molar-refractivity contribution in [2.75, 3.05) is 6.54 Å². The van der Waals surface area contributed by atoms with Gasteiger partial charge in [0, 0.05) is 12.0 Å². The van der Waals surface area contributed by atoms with Gasteiger partial charge in [0.1, 0.15) is 0 Å². The van der Waals surface area contributed by atoms with Crippen LogP contribution in [-0.4, -0.2) is 29.5 Å². The molecule has 2 aliphatic heterocycles. The zero-order chi connectivity index (χ0) is 13.5. The summed E-state index contributed by atoms with van der Waals surface area (Å²) in [5.41, 5.74) is 5.42. The normalized spacial score (nSPS) is 49.7. The van der Waals surface area contributed by atoms with Gasteiger partial charge >= 0.3 is 0 Å². The Morgan fingerprint density at radius 2 is 1.95 bits per heavy atom. The topological polar surface area (TPSA) is 55.5 Å². The van der Waals surface area contributed by atoms with Crippen molar-refractivity contribution in [1.82, 2.24) is 0 Å². The minimum Gasteiger partial charge on any atom is -0.389 e. The van der Waals surface area contributed by atoms with Gasteiger partial charge in [-0.3, -0.25) is 0 Å². The molecule has 1 saturated carbocycles. The lowest BCUT2D eigenvalue weighted by molar-refractivity contribution is -0.137.